The van der Waals surface area contributed by atoms with Crippen molar-refractivity contribution in [3.63, 3.8) is 0 Å². The Labute approximate surface area is 80.3 Å². The largest absolute Gasteiger partial charge is 0.481 e. The number of aliphatic hydroxyl groups is 1. The molecule has 0 aromatic heterocycles. The summed E-state index contributed by atoms with van der Waals surface area (Å²) in [5.74, 6) is -4.22. The average Bonchev–Trinajstić information content (AvgIpc) is 1.79. The van der Waals surface area contributed by atoms with E-state index in [1.54, 1.807) is 0 Å². The maximum Gasteiger partial charge on any atom is 0.337 e. The fraction of sp³-hybridized carbons (Fsp3) is 0.667. The van der Waals surface area contributed by atoms with Gasteiger partial charge in [-0.3, -0.25) is 13.8 Å². The summed E-state index contributed by atoms with van der Waals surface area (Å²) in [6, 6.07) is 0. The van der Waals surface area contributed by atoms with Gasteiger partial charge in [-0.25, -0.2) is 4.79 Å². The van der Waals surface area contributed by atoms with Crippen molar-refractivity contribution >= 4 is 21.7 Å². The fourth-order valence-corrected chi connectivity index (χ4v) is 2.03. The minimum absolute atomic E-state index is 0.901. The number of hydrogen-bond acceptors (Lipinski definition) is 5. The van der Waals surface area contributed by atoms with Crippen LogP contribution >= 0.6 is 0 Å². The van der Waals surface area contributed by atoms with Gasteiger partial charge in [-0.2, -0.15) is 0 Å². The number of hydrogen-bond donors (Lipinski definition) is 4. The Morgan fingerprint density at radius 1 is 1.43 bits per heavy atom. The summed E-state index contributed by atoms with van der Waals surface area (Å²) >= 11 is 0. The van der Waals surface area contributed by atoms with Crippen molar-refractivity contribution in [3.8, 4) is 0 Å². The highest BCUT2D eigenvalue weighted by Gasteiger charge is 2.40. The summed E-state index contributed by atoms with van der Waals surface area (Å²) in [5, 5.41) is 26.2. The molecule has 0 heterocycles. The summed E-state index contributed by atoms with van der Waals surface area (Å²) in [4.78, 5) is 20.7. The van der Waals surface area contributed by atoms with E-state index in [0.717, 1.165) is 6.26 Å². The van der Waals surface area contributed by atoms with Gasteiger partial charge in [0, 0.05) is 16.0 Å². The van der Waals surface area contributed by atoms with Crippen molar-refractivity contribution in [2.24, 2.45) is 0 Å². The van der Waals surface area contributed by atoms with E-state index in [0.29, 0.717) is 0 Å². The summed E-state index contributed by atoms with van der Waals surface area (Å²) in [6.07, 6.45) is -0.144. The standard InChI is InChI=1S/C6H11NO6S/c1-14(7,13)3-6(12,5(10)11)2-4(8)9/h7,12H,2-3H2,1H3,(H,8,9)(H,10,11)/t6-,14?/m0/s1. The van der Waals surface area contributed by atoms with Crippen LogP contribution in [0.25, 0.3) is 0 Å². The van der Waals surface area contributed by atoms with E-state index < -0.39 is 39.4 Å². The van der Waals surface area contributed by atoms with Crippen LogP contribution in [0.1, 0.15) is 6.42 Å². The summed E-state index contributed by atoms with van der Waals surface area (Å²) < 4.78 is 17.9. The molecule has 0 aliphatic heterocycles. The lowest BCUT2D eigenvalue weighted by molar-refractivity contribution is -0.162. The quantitative estimate of drug-likeness (QED) is 0.471. The molecule has 0 fully saturated rings. The van der Waals surface area contributed by atoms with Crippen LogP contribution in [0.2, 0.25) is 0 Å². The highest BCUT2D eigenvalue weighted by molar-refractivity contribution is 7.91. The monoisotopic (exact) mass is 225 g/mol. The first-order valence-electron chi connectivity index (χ1n) is 3.46. The first-order valence-corrected chi connectivity index (χ1v) is 5.59. The second kappa shape index (κ2) is 3.93. The van der Waals surface area contributed by atoms with Crippen LogP contribution in [0.5, 0.6) is 0 Å². The predicted octanol–water partition coefficient (Wildman–Crippen LogP) is -1.05. The third-order valence-corrected chi connectivity index (χ3v) is 2.38. The summed E-state index contributed by atoms with van der Waals surface area (Å²) in [7, 11) is -3.27. The van der Waals surface area contributed by atoms with Gasteiger partial charge < -0.3 is 15.3 Å². The normalized spacial score (nSPS) is 19.3. The second-order valence-electron chi connectivity index (χ2n) is 3.06. The Morgan fingerprint density at radius 3 is 2.07 bits per heavy atom. The Kier molecular flexibility index (Phi) is 3.60. The van der Waals surface area contributed by atoms with Gasteiger partial charge in [0.25, 0.3) is 0 Å². The molecule has 0 aromatic carbocycles. The molecule has 0 bridgehead atoms. The number of nitrogens with one attached hydrogen (secondary N) is 1. The Balaban J connectivity index is 4.92. The first kappa shape index (κ1) is 12.8. The molecule has 0 aliphatic carbocycles. The van der Waals surface area contributed by atoms with Crippen LogP contribution in [-0.4, -0.2) is 49.1 Å². The van der Waals surface area contributed by atoms with E-state index in [9.17, 15) is 18.9 Å². The molecule has 82 valence electrons. The molecular formula is C6H11NO6S. The SMILES string of the molecule is CS(=N)(=O)C[C@@](O)(CC(=O)O)C(=O)O. The predicted molar refractivity (Wildman–Crippen MR) is 46.5 cm³/mol. The molecule has 4 N–H and O–H groups in total. The topological polar surface area (TPSA) is 136 Å². The highest BCUT2D eigenvalue weighted by Crippen LogP contribution is 2.13. The maximum atomic E-state index is 10.9. The molecule has 2 atom stereocenters. The van der Waals surface area contributed by atoms with Crippen LogP contribution in [0.3, 0.4) is 0 Å². The van der Waals surface area contributed by atoms with E-state index in [4.69, 9.17) is 15.0 Å². The minimum Gasteiger partial charge on any atom is -0.481 e. The van der Waals surface area contributed by atoms with Crippen LogP contribution < -0.4 is 0 Å². The molecule has 0 rings (SSSR count). The molecule has 0 saturated heterocycles. The minimum atomic E-state index is -3.27. The van der Waals surface area contributed by atoms with Crippen LogP contribution in [0.15, 0.2) is 0 Å². The van der Waals surface area contributed by atoms with E-state index >= 15 is 0 Å². The highest BCUT2D eigenvalue weighted by atomic mass is 32.2. The van der Waals surface area contributed by atoms with Gasteiger partial charge in [-0.15, -0.1) is 0 Å². The zero-order chi connectivity index (χ0) is 11.6. The van der Waals surface area contributed by atoms with Gasteiger partial charge in [0.1, 0.15) is 0 Å². The van der Waals surface area contributed by atoms with Crippen molar-refractivity contribution in [2.75, 3.05) is 12.0 Å². The zero-order valence-corrected chi connectivity index (χ0v) is 8.21. The maximum absolute atomic E-state index is 10.9. The van der Waals surface area contributed by atoms with Gasteiger partial charge in [0.2, 0.25) is 0 Å². The molecule has 0 radical (unpaired) electrons. The third kappa shape index (κ3) is 4.19. The molecule has 7 nitrogen and oxygen atoms in total. The van der Waals surface area contributed by atoms with Crippen molar-refractivity contribution in [1.82, 2.24) is 0 Å². The van der Waals surface area contributed by atoms with Crippen molar-refractivity contribution in [3.05, 3.63) is 0 Å². The Bertz CT molecular complexity index is 347. The van der Waals surface area contributed by atoms with Crippen LogP contribution in [0.4, 0.5) is 0 Å². The van der Waals surface area contributed by atoms with Crippen molar-refractivity contribution in [2.45, 2.75) is 12.0 Å². The molecule has 0 aliphatic rings. The first-order chi connectivity index (χ1) is 6.07. The third-order valence-electron chi connectivity index (χ3n) is 1.36. The molecule has 0 amide bonds. The lowest BCUT2D eigenvalue weighted by Gasteiger charge is -2.20. The molecule has 8 heteroatoms. The van der Waals surface area contributed by atoms with E-state index in [1.807, 2.05) is 0 Å². The Morgan fingerprint density at radius 2 is 1.86 bits per heavy atom. The van der Waals surface area contributed by atoms with E-state index in [-0.39, 0.29) is 0 Å². The van der Waals surface area contributed by atoms with Crippen molar-refractivity contribution < 1.29 is 29.1 Å². The van der Waals surface area contributed by atoms with Gasteiger partial charge in [0.05, 0.1) is 12.2 Å². The molecular weight excluding hydrogens is 214 g/mol. The van der Waals surface area contributed by atoms with Gasteiger partial charge in [0.15, 0.2) is 5.60 Å². The van der Waals surface area contributed by atoms with E-state index in [2.05, 4.69) is 0 Å². The number of aliphatic carboxylic acids is 2. The molecule has 1 unspecified atom stereocenters. The van der Waals surface area contributed by atoms with E-state index in [1.165, 1.54) is 0 Å². The smallest absolute Gasteiger partial charge is 0.337 e. The zero-order valence-electron chi connectivity index (χ0n) is 7.39. The number of carbonyl (C=O) groups is 2. The summed E-state index contributed by atoms with van der Waals surface area (Å²) in [5.41, 5.74) is -2.64. The number of rotatable bonds is 5. The molecule has 0 saturated carbocycles. The molecule has 14 heavy (non-hydrogen) atoms. The summed E-state index contributed by atoms with van der Waals surface area (Å²) in [6.45, 7) is 0. The number of carboxylic acid groups (broad SMARTS) is 2. The van der Waals surface area contributed by atoms with Crippen LogP contribution in [0, 0.1) is 4.78 Å². The fourth-order valence-electron chi connectivity index (χ4n) is 0.894. The molecule has 0 aromatic rings. The van der Waals surface area contributed by atoms with Gasteiger partial charge >= 0.3 is 11.9 Å². The van der Waals surface area contributed by atoms with Crippen LogP contribution in [-0.2, 0) is 19.3 Å². The molecule has 0 spiro atoms. The number of carboxylic acids is 2. The average molecular weight is 225 g/mol. The second-order valence-corrected chi connectivity index (χ2v) is 5.36. The van der Waals surface area contributed by atoms with Gasteiger partial charge in [-0.05, 0) is 0 Å². The van der Waals surface area contributed by atoms with Crippen molar-refractivity contribution in [1.29, 1.82) is 4.78 Å². The lowest BCUT2D eigenvalue weighted by atomic mass is 10.0. The Hall–Kier alpha value is -1.15. The van der Waals surface area contributed by atoms with Gasteiger partial charge in [-0.1, -0.05) is 0 Å². The lowest BCUT2D eigenvalue weighted by Crippen LogP contribution is -2.46.